The second-order valence-electron chi connectivity index (χ2n) is 9.39. The standard InChI is InChI=1S/C21H43NO2/c1-10-19(5,6)23-15-14-18(3,4)21(8,11-2)24-16-17-12-13-20(17,7)22-9/h17,22H,10-16H2,1-9H3. The predicted octanol–water partition coefficient (Wildman–Crippen LogP) is 5.18. The summed E-state index contributed by atoms with van der Waals surface area (Å²) in [6, 6.07) is 0. The van der Waals surface area contributed by atoms with Crippen LogP contribution in [0, 0.1) is 11.3 Å². The third-order valence-corrected chi connectivity index (χ3v) is 7.26. The van der Waals surface area contributed by atoms with Gasteiger partial charge in [-0.2, -0.15) is 0 Å². The molecule has 1 saturated carbocycles. The molecule has 1 aliphatic rings. The molecule has 1 fully saturated rings. The Hall–Kier alpha value is -0.120. The van der Waals surface area contributed by atoms with Crippen LogP contribution in [0.5, 0.6) is 0 Å². The van der Waals surface area contributed by atoms with Crippen molar-refractivity contribution in [2.45, 2.75) is 104 Å². The Kier molecular flexibility index (Phi) is 7.36. The van der Waals surface area contributed by atoms with Crippen molar-refractivity contribution in [2.24, 2.45) is 11.3 Å². The molecule has 1 aliphatic carbocycles. The normalized spacial score (nSPS) is 27.6. The SMILES string of the molecule is CCC(C)(C)OCCC(C)(C)C(C)(CC)OCC1CCC1(C)NC. The molecule has 0 saturated heterocycles. The molecule has 24 heavy (non-hydrogen) atoms. The van der Waals surface area contributed by atoms with Gasteiger partial charge in [0.25, 0.3) is 0 Å². The first-order chi connectivity index (χ1) is 11.0. The fourth-order valence-corrected chi connectivity index (χ4v) is 3.39. The summed E-state index contributed by atoms with van der Waals surface area (Å²) in [6.07, 6.45) is 5.61. The van der Waals surface area contributed by atoms with Gasteiger partial charge in [0.15, 0.2) is 0 Å². The van der Waals surface area contributed by atoms with Gasteiger partial charge < -0.3 is 14.8 Å². The van der Waals surface area contributed by atoms with Gasteiger partial charge in [-0.3, -0.25) is 0 Å². The van der Waals surface area contributed by atoms with Crippen molar-refractivity contribution in [3.8, 4) is 0 Å². The van der Waals surface area contributed by atoms with E-state index in [1.165, 1.54) is 12.8 Å². The number of rotatable bonds is 11. The molecule has 0 aliphatic heterocycles. The van der Waals surface area contributed by atoms with Crippen LogP contribution in [0.2, 0.25) is 0 Å². The number of ether oxygens (including phenoxy) is 2. The van der Waals surface area contributed by atoms with Gasteiger partial charge in [0.2, 0.25) is 0 Å². The zero-order valence-corrected chi connectivity index (χ0v) is 17.8. The molecule has 0 heterocycles. The van der Waals surface area contributed by atoms with E-state index in [1.54, 1.807) is 0 Å². The largest absolute Gasteiger partial charge is 0.376 e. The van der Waals surface area contributed by atoms with E-state index in [0.29, 0.717) is 5.92 Å². The van der Waals surface area contributed by atoms with E-state index >= 15 is 0 Å². The van der Waals surface area contributed by atoms with Crippen molar-refractivity contribution in [1.82, 2.24) is 5.32 Å². The molecule has 0 aromatic carbocycles. The lowest BCUT2D eigenvalue weighted by Gasteiger charge is -2.50. The minimum atomic E-state index is -0.114. The van der Waals surface area contributed by atoms with E-state index in [9.17, 15) is 0 Å². The van der Waals surface area contributed by atoms with Crippen molar-refractivity contribution in [1.29, 1.82) is 0 Å². The van der Waals surface area contributed by atoms with E-state index in [4.69, 9.17) is 9.47 Å². The molecule has 0 spiro atoms. The summed E-state index contributed by atoms with van der Waals surface area (Å²) in [5.41, 5.74) is 0.204. The summed E-state index contributed by atoms with van der Waals surface area (Å²) in [4.78, 5) is 0. The van der Waals surface area contributed by atoms with Crippen LogP contribution in [0.4, 0.5) is 0 Å². The molecule has 0 amide bonds. The third kappa shape index (κ3) is 4.95. The van der Waals surface area contributed by atoms with Crippen LogP contribution >= 0.6 is 0 Å². The molecular formula is C21H43NO2. The Morgan fingerprint density at radius 3 is 2.08 bits per heavy atom. The van der Waals surface area contributed by atoms with Gasteiger partial charge in [0, 0.05) is 18.1 Å². The molecular weight excluding hydrogens is 298 g/mol. The molecule has 0 aromatic rings. The Bertz CT molecular complexity index is 389. The number of nitrogens with one attached hydrogen (secondary N) is 1. The van der Waals surface area contributed by atoms with E-state index in [1.807, 2.05) is 0 Å². The summed E-state index contributed by atoms with van der Waals surface area (Å²) in [6.45, 7) is 19.7. The highest BCUT2D eigenvalue weighted by molar-refractivity contribution is 4.99. The second-order valence-corrected chi connectivity index (χ2v) is 9.39. The van der Waals surface area contributed by atoms with E-state index in [0.717, 1.165) is 32.5 Å². The lowest BCUT2D eigenvalue weighted by Crippen LogP contribution is -2.57. The van der Waals surface area contributed by atoms with Crippen LogP contribution in [0.1, 0.15) is 87.5 Å². The highest BCUT2D eigenvalue weighted by Gasteiger charge is 2.45. The van der Waals surface area contributed by atoms with Gasteiger partial charge in [-0.05, 0) is 72.3 Å². The second kappa shape index (κ2) is 8.05. The minimum absolute atomic E-state index is 0.0277. The molecule has 3 nitrogen and oxygen atoms in total. The zero-order valence-electron chi connectivity index (χ0n) is 17.8. The van der Waals surface area contributed by atoms with Crippen LogP contribution < -0.4 is 5.32 Å². The monoisotopic (exact) mass is 341 g/mol. The van der Waals surface area contributed by atoms with E-state index in [2.05, 4.69) is 67.8 Å². The van der Waals surface area contributed by atoms with Crippen LogP contribution in [0.3, 0.4) is 0 Å². The Labute approximate surface area is 151 Å². The van der Waals surface area contributed by atoms with Crippen molar-refractivity contribution < 1.29 is 9.47 Å². The fraction of sp³-hybridized carbons (Fsp3) is 1.00. The maximum absolute atomic E-state index is 6.56. The Balaban J connectivity index is 2.60. The van der Waals surface area contributed by atoms with Crippen LogP contribution in [-0.2, 0) is 9.47 Å². The Morgan fingerprint density at radius 1 is 1.04 bits per heavy atom. The van der Waals surface area contributed by atoms with Crippen LogP contribution in [0.15, 0.2) is 0 Å². The molecule has 1 rings (SSSR count). The average Bonchev–Trinajstić information content (AvgIpc) is 2.52. The van der Waals surface area contributed by atoms with Gasteiger partial charge in [0.05, 0.1) is 17.8 Å². The van der Waals surface area contributed by atoms with Gasteiger partial charge in [-0.25, -0.2) is 0 Å². The molecule has 3 heteroatoms. The topological polar surface area (TPSA) is 30.5 Å². The van der Waals surface area contributed by atoms with Gasteiger partial charge >= 0.3 is 0 Å². The minimum Gasteiger partial charge on any atom is -0.376 e. The quantitative estimate of drug-likeness (QED) is 0.561. The predicted molar refractivity (Wildman–Crippen MR) is 104 cm³/mol. The van der Waals surface area contributed by atoms with Crippen molar-refractivity contribution in [3.63, 3.8) is 0 Å². The molecule has 1 N–H and O–H groups in total. The first kappa shape index (κ1) is 21.9. The average molecular weight is 342 g/mol. The zero-order chi connectivity index (χ0) is 18.6. The first-order valence-corrected chi connectivity index (χ1v) is 9.92. The highest BCUT2D eigenvalue weighted by atomic mass is 16.5. The maximum Gasteiger partial charge on any atom is 0.0703 e. The van der Waals surface area contributed by atoms with Crippen LogP contribution in [-0.4, -0.2) is 37.0 Å². The fourth-order valence-electron chi connectivity index (χ4n) is 3.39. The van der Waals surface area contributed by atoms with Gasteiger partial charge in [0.1, 0.15) is 0 Å². The summed E-state index contributed by atoms with van der Waals surface area (Å²) in [5, 5.41) is 3.48. The molecule has 0 radical (unpaired) electrons. The highest BCUT2D eigenvalue weighted by Crippen LogP contribution is 2.43. The van der Waals surface area contributed by atoms with Crippen molar-refractivity contribution >= 4 is 0 Å². The smallest absolute Gasteiger partial charge is 0.0703 e. The lowest BCUT2D eigenvalue weighted by atomic mass is 9.67. The van der Waals surface area contributed by atoms with Crippen molar-refractivity contribution in [2.75, 3.05) is 20.3 Å². The maximum atomic E-state index is 6.56. The Morgan fingerprint density at radius 2 is 1.67 bits per heavy atom. The van der Waals surface area contributed by atoms with Gasteiger partial charge in [-0.1, -0.05) is 27.7 Å². The summed E-state index contributed by atoms with van der Waals surface area (Å²) in [5.74, 6) is 0.624. The van der Waals surface area contributed by atoms with Gasteiger partial charge in [-0.15, -0.1) is 0 Å². The first-order valence-electron chi connectivity index (χ1n) is 9.92. The molecule has 3 atom stereocenters. The molecule has 0 aromatic heterocycles. The van der Waals surface area contributed by atoms with E-state index in [-0.39, 0.29) is 22.2 Å². The third-order valence-electron chi connectivity index (χ3n) is 7.26. The van der Waals surface area contributed by atoms with Crippen molar-refractivity contribution in [3.05, 3.63) is 0 Å². The molecule has 144 valence electrons. The number of hydrogen-bond donors (Lipinski definition) is 1. The van der Waals surface area contributed by atoms with Crippen LogP contribution in [0.25, 0.3) is 0 Å². The lowest BCUT2D eigenvalue weighted by molar-refractivity contribution is -0.151. The summed E-state index contributed by atoms with van der Waals surface area (Å²) >= 11 is 0. The summed E-state index contributed by atoms with van der Waals surface area (Å²) in [7, 11) is 2.07. The molecule has 0 bridgehead atoms. The molecule has 3 unspecified atom stereocenters. The summed E-state index contributed by atoms with van der Waals surface area (Å²) < 4.78 is 12.7. The number of hydrogen-bond acceptors (Lipinski definition) is 3. The van der Waals surface area contributed by atoms with E-state index < -0.39 is 0 Å².